The van der Waals surface area contributed by atoms with Crippen molar-refractivity contribution in [1.29, 1.82) is 0 Å². The van der Waals surface area contributed by atoms with Crippen LogP contribution in [0.2, 0.25) is 0 Å². The fraction of sp³-hybridized carbons (Fsp3) is 1.00. The van der Waals surface area contributed by atoms with E-state index in [0.29, 0.717) is 12.5 Å². The zero-order valence-corrected chi connectivity index (χ0v) is 4.99. The molecule has 2 nitrogen and oxygen atoms in total. The van der Waals surface area contributed by atoms with Gasteiger partial charge in [-0.05, 0) is 6.92 Å². The Balaban J connectivity index is 2.40. The van der Waals surface area contributed by atoms with Gasteiger partial charge < -0.3 is 9.84 Å². The molecule has 0 spiro atoms. The molecule has 1 aliphatic heterocycles. The minimum Gasteiger partial charge on any atom is -0.377 e. The standard InChI is InChI=1S/C4H8O2S/c1-4(5)2-6-3-7-4/h5H,2-3H2,1H3. The number of hydrogen-bond acceptors (Lipinski definition) is 3. The van der Waals surface area contributed by atoms with Crippen LogP contribution in [0.1, 0.15) is 6.92 Å². The molecule has 0 bridgehead atoms. The van der Waals surface area contributed by atoms with E-state index in [0.717, 1.165) is 0 Å². The van der Waals surface area contributed by atoms with Crippen molar-refractivity contribution in [2.75, 3.05) is 12.5 Å². The van der Waals surface area contributed by atoms with E-state index in [1.807, 2.05) is 0 Å². The highest BCUT2D eigenvalue weighted by atomic mass is 32.2. The van der Waals surface area contributed by atoms with Crippen molar-refractivity contribution >= 4 is 11.8 Å². The van der Waals surface area contributed by atoms with Crippen molar-refractivity contribution in [2.45, 2.75) is 11.9 Å². The lowest BCUT2D eigenvalue weighted by Crippen LogP contribution is -2.18. The Morgan fingerprint density at radius 3 is 2.71 bits per heavy atom. The van der Waals surface area contributed by atoms with E-state index < -0.39 is 4.93 Å². The van der Waals surface area contributed by atoms with Crippen LogP contribution in [-0.2, 0) is 4.74 Å². The van der Waals surface area contributed by atoms with E-state index in [1.165, 1.54) is 11.8 Å². The van der Waals surface area contributed by atoms with Crippen molar-refractivity contribution in [2.24, 2.45) is 0 Å². The van der Waals surface area contributed by atoms with Gasteiger partial charge in [-0.3, -0.25) is 0 Å². The molecule has 0 radical (unpaired) electrons. The van der Waals surface area contributed by atoms with Crippen molar-refractivity contribution in [3.8, 4) is 0 Å². The molecule has 0 aliphatic carbocycles. The van der Waals surface area contributed by atoms with E-state index >= 15 is 0 Å². The number of hydrogen-bond donors (Lipinski definition) is 1. The number of thioether (sulfide) groups is 1. The molecule has 0 aromatic rings. The molecule has 1 fully saturated rings. The van der Waals surface area contributed by atoms with E-state index in [-0.39, 0.29) is 0 Å². The summed E-state index contributed by atoms with van der Waals surface area (Å²) in [4.78, 5) is -0.611. The van der Waals surface area contributed by atoms with Gasteiger partial charge >= 0.3 is 0 Å². The van der Waals surface area contributed by atoms with E-state index in [1.54, 1.807) is 6.92 Å². The van der Waals surface area contributed by atoms with E-state index in [9.17, 15) is 0 Å². The summed E-state index contributed by atoms with van der Waals surface area (Å²) in [5, 5.41) is 9.03. The second kappa shape index (κ2) is 1.65. The van der Waals surface area contributed by atoms with Crippen LogP contribution in [0, 0.1) is 0 Å². The molecule has 0 amide bonds. The second-order valence-electron chi connectivity index (χ2n) is 1.79. The maximum Gasteiger partial charge on any atom is 0.133 e. The summed E-state index contributed by atoms with van der Waals surface area (Å²) in [5.74, 6) is 0.632. The van der Waals surface area contributed by atoms with Gasteiger partial charge in [0.1, 0.15) is 4.93 Å². The van der Waals surface area contributed by atoms with Crippen molar-refractivity contribution in [3.63, 3.8) is 0 Å². The van der Waals surface area contributed by atoms with Gasteiger partial charge in [0.2, 0.25) is 0 Å². The summed E-state index contributed by atoms with van der Waals surface area (Å²) in [6.07, 6.45) is 0. The largest absolute Gasteiger partial charge is 0.377 e. The molecule has 1 heterocycles. The Hall–Kier alpha value is 0.270. The lowest BCUT2D eigenvalue weighted by Gasteiger charge is -2.09. The lowest BCUT2D eigenvalue weighted by molar-refractivity contribution is 0.0707. The molecule has 1 N–H and O–H groups in total. The van der Waals surface area contributed by atoms with Gasteiger partial charge in [0, 0.05) is 0 Å². The Morgan fingerprint density at radius 1 is 1.86 bits per heavy atom. The topological polar surface area (TPSA) is 29.5 Å². The van der Waals surface area contributed by atoms with Crippen LogP contribution in [0.5, 0.6) is 0 Å². The molecule has 42 valence electrons. The van der Waals surface area contributed by atoms with Crippen LogP contribution in [0.25, 0.3) is 0 Å². The summed E-state index contributed by atoms with van der Waals surface area (Å²) in [7, 11) is 0. The van der Waals surface area contributed by atoms with E-state index in [4.69, 9.17) is 9.84 Å². The highest BCUT2D eigenvalue weighted by Crippen LogP contribution is 2.27. The normalized spacial score (nSPS) is 42.0. The van der Waals surface area contributed by atoms with Crippen LogP contribution < -0.4 is 0 Å². The third-order valence-electron chi connectivity index (χ3n) is 0.823. The second-order valence-corrected chi connectivity index (χ2v) is 3.19. The van der Waals surface area contributed by atoms with Gasteiger partial charge in [-0.2, -0.15) is 0 Å². The summed E-state index contributed by atoms with van der Waals surface area (Å²) in [5.41, 5.74) is 0. The third kappa shape index (κ3) is 1.33. The molecular weight excluding hydrogens is 112 g/mol. The monoisotopic (exact) mass is 120 g/mol. The molecule has 7 heavy (non-hydrogen) atoms. The van der Waals surface area contributed by atoms with Gasteiger partial charge in [0.25, 0.3) is 0 Å². The average Bonchev–Trinajstić information content (AvgIpc) is 1.84. The first kappa shape index (κ1) is 5.41. The molecule has 1 rings (SSSR count). The predicted molar refractivity (Wildman–Crippen MR) is 29.0 cm³/mol. The van der Waals surface area contributed by atoms with Crippen molar-refractivity contribution in [3.05, 3.63) is 0 Å². The maximum atomic E-state index is 9.03. The molecule has 1 atom stereocenters. The van der Waals surface area contributed by atoms with Gasteiger partial charge in [-0.15, -0.1) is 0 Å². The Bertz CT molecular complexity index is 64.1. The summed E-state index contributed by atoms with van der Waals surface area (Å²) < 4.78 is 4.87. The van der Waals surface area contributed by atoms with Gasteiger partial charge in [-0.1, -0.05) is 11.8 Å². The van der Waals surface area contributed by atoms with Gasteiger partial charge in [0.05, 0.1) is 12.5 Å². The van der Waals surface area contributed by atoms with Crippen LogP contribution in [0.15, 0.2) is 0 Å². The first-order valence-corrected chi connectivity index (χ1v) is 3.13. The number of aliphatic hydroxyl groups is 1. The third-order valence-corrected chi connectivity index (χ3v) is 1.85. The Kier molecular flexibility index (Phi) is 1.28. The molecule has 0 saturated carbocycles. The first-order valence-electron chi connectivity index (χ1n) is 2.15. The fourth-order valence-electron chi connectivity index (χ4n) is 0.441. The van der Waals surface area contributed by atoms with Crippen LogP contribution >= 0.6 is 11.8 Å². The zero-order valence-electron chi connectivity index (χ0n) is 4.18. The maximum absolute atomic E-state index is 9.03. The van der Waals surface area contributed by atoms with Crippen LogP contribution in [0.4, 0.5) is 0 Å². The van der Waals surface area contributed by atoms with Gasteiger partial charge in [0.15, 0.2) is 0 Å². The predicted octanol–water partition coefficient (Wildman–Crippen LogP) is 0.416. The SMILES string of the molecule is CC1(O)COCS1. The highest BCUT2D eigenvalue weighted by molar-refractivity contribution is 8.00. The quantitative estimate of drug-likeness (QED) is 0.502. The summed E-state index contributed by atoms with van der Waals surface area (Å²) >= 11 is 1.43. The van der Waals surface area contributed by atoms with Crippen LogP contribution in [0.3, 0.4) is 0 Å². The molecule has 3 heteroatoms. The number of ether oxygens (including phenoxy) is 1. The van der Waals surface area contributed by atoms with E-state index in [2.05, 4.69) is 0 Å². The molecule has 1 unspecified atom stereocenters. The first-order chi connectivity index (χ1) is 3.21. The molecular formula is C4H8O2S. The lowest BCUT2D eigenvalue weighted by atomic mass is 10.4. The molecule has 1 aliphatic rings. The molecule has 0 aromatic heterocycles. The smallest absolute Gasteiger partial charge is 0.133 e. The zero-order chi connectivity index (χ0) is 5.33. The summed E-state index contributed by atoms with van der Waals surface area (Å²) in [6, 6.07) is 0. The Labute approximate surface area is 46.9 Å². The number of rotatable bonds is 0. The minimum atomic E-state index is -0.611. The molecule has 1 saturated heterocycles. The van der Waals surface area contributed by atoms with Gasteiger partial charge in [-0.25, -0.2) is 0 Å². The highest BCUT2D eigenvalue weighted by Gasteiger charge is 2.26. The molecule has 0 aromatic carbocycles. The van der Waals surface area contributed by atoms with Crippen molar-refractivity contribution < 1.29 is 9.84 Å². The fourth-order valence-corrected chi connectivity index (χ4v) is 1.03. The minimum absolute atomic E-state index is 0.470. The Morgan fingerprint density at radius 2 is 2.57 bits per heavy atom. The average molecular weight is 120 g/mol. The van der Waals surface area contributed by atoms with Crippen molar-refractivity contribution in [1.82, 2.24) is 0 Å². The summed E-state index contributed by atoms with van der Waals surface area (Å²) in [6.45, 7) is 2.22. The van der Waals surface area contributed by atoms with Crippen LogP contribution in [-0.4, -0.2) is 22.6 Å².